The molecule has 0 saturated carbocycles. The maximum Gasteiger partial charge on any atom is 0.274 e. The molecular weight excluding hydrogens is 350 g/mol. The molecule has 2 N–H and O–H groups in total. The zero-order valence-electron chi connectivity index (χ0n) is 15.9. The first-order chi connectivity index (χ1) is 13.6. The number of aryl methyl sites for hydroxylation is 2. The number of anilines is 1. The van der Waals surface area contributed by atoms with Gasteiger partial charge in [0.1, 0.15) is 0 Å². The molecule has 0 aliphatic heterocycles. The largest absolute Gasteiger partial charge is 0.379 e. The number of aromatic amines is 1. The van der Waals surface area contributed by atoms with E-state index in [1.165, 1.54) is 10.6 Å². The van der Waals surface area contributed by atoms with E-state index in [4.69, 9.17) is 0 Å². The minimum Gasteiger partial charge on any atom is -0.379 e. The molecule has 0 aliphatic rings. The SMILES string of the molecule is C=Cc1cccc(C)c1NCc1cc(=O)n2[nH]c(-c3ccccc3C)nc2n1. The topological polar surface area (TPSA) is 75.1 Å². The predicted octanol–water partition coefficient (Wildman–Crippen LogP) is 3.96. The molecule has 6 nitrogen and oxygen atoms in total. The number of nitrogens with one attached hydrogen (secondary N) is 2. The summed E-state index contributed by atoms with van der Waals surface area (Å²) in [6.45, 7) is 8.32. The number of H-pyrrole nitrogens is 1. The second kappa shape index (κ2) is 7.15. The number of fused-ring (bicyclic) bond motifs is 1. The molecular formula is C22H21N5O. The van der Waals surface area contributed by atoms with Gasteiger partial charge in [0.15, 0.2) is 5.82 Å². The van der Waals surface area contributed by atoms with Crippen molar-refractivity contribution in [3.63, 3.8) is 0 Å². The van der Waals surface area contributed by atoms with Crippen LogP contribution in [0.5, 0.6) is 0 Å². The number of nitrogens with zero attached hydrogens (tertiary/aromatic N) is 3. The van der Waals surface area contributed by atoms with Crippen LogP contribution >= 0.6 is 0 Å². The zero-order valence-corrected chi connectivity index (χ0v) is 15.9. The predicted molar refractivity (Wildman–Crippen MR) is 112 cm³/mol. The Morgan fingerprint density at radius 1 is 1.11 bits per heavy atom. The third-order valence-corrected chi connectivity index (χ3v) is 4.75. The zero-order chi connectivity index (χ0) is 19.7. The van der Waals surface area contributed by atoms with E-state index >= 15 is 0 Å². The number of aromatic nitrogens is 4. The Kier molecular flexibility index (Phi) is 4.53. The summed E-state index contributed by atoms with van der Waals surface area (Å²) in [6, 6.07) is 15.4. The Bertz CT molecular complexity index is 1240. The Morgan fingerprint density at radius 3 is 2.68 bits per heavy atom. The summed E-state index contributed by atoms with van der Waals surface area (Å²) in [5, 5.41) is 6.41. The lowest BCUT2D eigenvalue weighted by Gasteiger charge is -2.12. The third kappa shape index (κ3) is 3.20. The van der Waals surface area contributed by atoms with E-state index in [1.54, 1.807) is 0 Å². The first-order valence-corrected chi connectivity index (χ1v) is 9.07. The van der Waals surface area contributed by atoms with Crippen molar-refractivity contribution in [1.82, 2.24) is 19.6 Å². The molecule has 0 saturated heterocycles. The van der Waals surface area contributed by atoms with Crippen LogP contribution in [0.4, 0.5) is 5.69 Å². The fourth-order valence-corrected chi connectivity index (χ4v) is 3.26. The van der Waals surface area contributed by atoms with Crippen molar-refractivity contribution in [3.05, 3.63) is 87.8 Å². The highest BCUT2D eigenvalue weighted by molar-refractivity contribution is 5.69. The number of hydrogen-bond acceptors (Lipinski definition) is 4. The van der Waals surface area contributed by atoms with E-state index in [2.05, 4.69) is 27.0 Å². The third-order valence-electron chi connectivity index (χ3n) is 4.75. The van der Waals surface area contributed by atoms with E-state index in [9.17, 15) is 4.79 Å². The standard InChI is InChI=1S/C22H21N5O/c1-4-16-10-7-9-15(3)20(16)23-13-17-12-19(28)27-22(24-17)25-21(26-27)18-11-6-5-8-14(18)2/h4-12,23H,1,13H2,2-3H3,(H,24,25,26). The monoisotopic (exact) mass is 371 g/mol. The molecule has 2 aromatic heterocycles. The lowest BCUT2D eigenvalue weighted by Crippen LogP contribution is -2.17. The molecule has 0 atom stereocenters. The molecule has 0 bridgehead atoms. The molecule has 4 aromatic rings. The Balaban J connectivity index is 1.68. The molecule has 6 heteroatoms. The summed E-state index contributed by atoms with van der Waals surface area (Å²) in [5.41, 5.74) is 5.57. The van der Waals surface area contributed by atoms with Gasteiger partial charge in [0.25, 0.3) is 11.3 Å². The maximum absolute atomic E-state index is 12.5. The van der Waals surface area contributed by atoms with Crippen molar-refractivity contribution in [2.24, 2.45) is 0 Å². The van der Waals surface area contributed by atoms with Crippen LogP contribution in [0.15, 0.2) is 59.9 Å². The average molecular weight is 371 g/mol. The van der Waals surface area contributed by atoms with Gasteiger partial charge < -0.3 is 5.32 Å². The van der Waals surface area contributed by atoms with Crippen molar-refractivity contribution in [2.45, 2.75) is 20.4 Å². The molecule has 4 rings (SSSR count). The Hall–Kier alpha value is -3.67. The minimum absolute atomic E-state index is 0.192. The number of rotatable bonds is 5. The second-order valence-electron chi connectivity index (χ2n) is 6.71. The van der Waals surface area contributed by atoms with Crippen LogP contribution in [-0.4, -0.2) is 19.6 Å². The Morgan fingerprint density at radius 2 is 1.89 bits per heavy atom. The number of para-hydroxylation sites is 1. The average Bonchev–Trinajstić information content (AvgIpc) is 3.11. The summed E-state index contributed by atoms with van der Waals surface area (Å²) in [6.07, 6.45) is 1.81. The molecule has 0 spiro atoms. The minimum atomic E-state index is -0.192. The smallest absolute Gasteiger partial charge is 0.274 e. The van der Waals surface area contributed by atoms with E-state index in [0.29, 0.717) is 23.8 Å². The first kappa shape index (κ1) is 17.7. The van der Waals surface area contributed by atoms with Crippen molar-refractivity contribution >= 4 is 17.5 Å². The van der Waals surface area contributed by atoms with Crippen molar-refractivity contribution in [3.8, 4) is 11.4 Å². The van der Waals surface area contributed by atoms with Crippen molar-refractivity contribution in [2.75, 3.05) is 5.32 Å². The number of benzene rings is 2. The van der Waals surface area contributed by atoms with Gasteiger partial charge in [-0.1, -0.05) is 55.1 Å². The van der Waals surface area contributed by atoms with Gasteiger partial charge in [-0.15, -0.1) is 0 Å². The normalized spacial score (nSPS) is 10.9. The van der Waals surface area contributed by atoms with Gasteiger partial charge in [-0.25, -0.2) is 4.98 Å². The highest BCUT2D eigenvalue weighted by Gasteiger charge is 2.11. The molecule has 0 aliphatic carbocycles. The quantitative estimate of drug-likeness (QED) is 0.557. The van der Waals surface area contributed by atoms with E-state index < -0.39 is 0 Å². The molecule has 2 heterocycles. The van der Waals surface area contributed by atoms with Gasteiger partial charge in [-0.2, -0.15) is 9.50 Å². The van der Waals surface area contributed by atoms with E-state index in [0.717, 1.165) is 27.9 Å². The summed E-state index contributed by atoms with van der Waals surface area (Å²) < 4.78 is 1.37. The molecule has 2 aromatic carbocycles. The second-order valence-corrected chi connectivity index (χ2v) is 6.71. The fraction of sp³-hybridized carbons (Fsp3) is 0.136. The lowest BCUT2D eigenvalue weighted by atomic mass is 10.1. The first-order valence-electron chi connectivity index (χ1n) is 9.07. The molecule has 0 fully saturated rings. The molecule has 0 amide bonds. The number of hydrogen-bond donors (Lipinski definition) is 2. The van der Waals surface area contributed by atoms with Crippen LogP contribution in [0.2, 0.25) is 0 Å². The van der Waals surface area contributed by atoms with Gasteiger partial charge in [-0.3, -0.25) is 9.89 Å². The van der Waals surface area contributed by atoms with E-state index in [-0.39, 0.29) is 5.56 Å². The van der Waals surface area contributed by atoms with Gasteiger partial charge >= 0.3 is 0 Å². The molecule has 28 heavy (non-hydrogen) atoms. The van der Waals surface area contributed by atoms with Crippen LogP contribution in [0.3, 0.4) is 0 Å². The van der Waals surface area contributed by atoms with Crippen molar-refractivity contribution < 1.29 is 0 Å². The van der Waals surface area contributed by atoms with Gasteiger partial charge in [0.2, 0.25) is 0 Å². The lowest BCUT2D eigenvalue weighted by molar-refractivity contribution is 0.878. The fourth-order valence-electron chi connectivity index (χ4n) is 3.26. The van der Waals surface area contributed by atoms with Crippen LogP contribution in [0.1, 0.15) is 22.4 Å². The van der Waals surface area contributed by atoms with Crippen molar-refractivity contribution in [1.29, 1.82) is 0 Å². The van der Waals surface area contributed by atoms with Gasteiger partial charge in [0, 0.05) is 17.3 Å². The summed E-state index contributed by atoms with van der Waals surface area (Å²) in [7, 11) is 0. The maximum atomic E-state index is 12.5. The molecule has 0 radical (unpaired) electrons. The van der Waals surface area contributed by atoms with Crippen LogP contribution < -0.4 is 10.9 Å². The summed E-state index contributed by atoms with van der Waals surface area (Å²) in [4.78, 5) is 21.6. The summed E-state index contributed by atoms with van der Waals surface area (Å²) in [5.74, 6) is 0.983. The highest BCUT2D eigenvalue weighted by Crippen LogP contribution is 2.22. The summed E-state index contributed by atoms with van der Waals surface area (Å²) >= 11 is 0. The van der Waals surface area contributed by atoms with Crippen LogP contribution in [0.25, 0.3) is 23.2 Å². The van der Waals surface area contributed by atoms with E-state index in [1.807, 2.05) is 62.4 Å². The molecule has 140 valence electrons. The van der Waals surface area contributed by atoms with Crippen LogP contribution in [0, 0.1) is 13.8 Å². The van der Waals surface area contributed by atoms with Gasteiger partial charge in [-0.05, 0) is 30.5 Å². The highest BCUT2D eigenvalue weighted by atomic mass is 16.1. The Labute approximate surface area is 162 Å². The molecule has 0 unspecified atom stereocenters. The van der Waals surface area contributed by atoms with Gasteiger partial charge in [0.05, 0.1) is 12.2 Å². The van der Waals surface area contributed by atoms with Crippen LogP contribution in [-0.2, 0) is 6.54 Å².